The predicted molar refractivity (Wildman–Crippen MR) is 109 cm³/mol. The van der Waals surface area contributed by atoms with Gasteiger partial charge in [-0.3, -0.25) is 0 Å². The molecule has 0 bridgehead atoms. The summed E-state index contributed by atoms with van der Waals surface area (Å²) in [5.74, 6) is -0.542. The first kappa shape index (κ1) is 24.4. The minimum atomic E-state index is -4.44. The van der Waals surface area contributed by atoms with Crippen molar-refractivity contribution < 1.29 is 32.4 Å². The fraction of sp³-hybridized carbons (Fsp3) is 0.364. The van der Waals surface area contributed by atoms with Crippen molar-refractivity contribution in [2.24, 2.45) is 5.16 Å². The Balaban J connectivity index is 2.29. The number of aryl methyl sites for hydroxylation is 1. The first-order valence-corrected chi connectivity index (χ1v) is 9.54. The number of methoxy groups -OCH3 is 1. The Morgan fingerprint density at radius 2 is 1.87 bits per heavy atom. The van der Waals surface area contributed by atoms with Gasteiger partial charge in [0, 0.05) is 5.56 Å². The van der Waals surface area contributed by atoms with Gasteiger partial charge in [-0.25, -0.2) is 4.79 Å². The lowest BCUT2D eigenvalue weighted by atomic mass is 9.95. The van der Waals surface area contributed by atoms with Crippen molar-refractivity contribution in [2.45, 2.75) is 39.1 Å². The summed E-state index contributed by atoms with van der Waals surface area (Å²) in [5, 5.41) is 3.98. The molecule has 0 spiro atoms. The fourth-order valence-corrected chi connectivity index (χ4v) is 3.07. The number of halogens is 3. The molecule has 2 rings (SSSR count). The van der Waals surface area contributed by atoms with E-state index in [0.29, 0.717) is 28.8 Å². The van der Waals surface area contributed by atoms with Gasteiger partial charge in [0.1, 0.15) is 6.61 Å². The van der Waals surface area contributed by atoms with Crippen molar-refractivity contribution in [3.63, 3.8) is 0 Å². The first-order chi connectivity index (χ1) is 14.7. The van der Waals surface area contributed by atoms with Gasteiger partial charge in [-0.1, -0.05) is 42.4 Å². The standard InChI is InChI=1S/C22H25F3N2O4/c1-5-15-8-7-11-18(20(27-30-4)21(28)29-3)19(15)13-31-26-14(2)16-9-6-10-17(12-16)22(23,24)25/h6-12,20,27H,5,13H2,1-4H3/b26-14+. The molecule has 1 N–H and O–H groups in total. The number of hydroxylamine groups is 1. The number of hydrogen-bond acceptors (Lipinski definition) is 6. The van der Waals surface area contributed by atoms with Gasteiger partial charge >= 0.3 is 12.1 Å². The number of alkyl halides is 3. The van der Waals surface area contributed by atoms with Crippen molar-refractivity contribution >= 4 is 11.7 Å². The number of ether oxygens (including phenoxy) is 1. The van der Waals surface area contributed by atoms with Crippen LogP contribution in [-0.4, -0.2) is 25.9 Å². The van der Waals surface area contributed by atoms with Gasteiger partial charge in [0.25, 0.3) is 0 Å². The van der Waals surface area contributed by atoms with Crippen molar-refractivity contribution in [1.29, 1.82) is 0 Å². The van der Waals surface area contributed by atoms with Crippen LogP contribution in [-0.2, 0) is 38.4 Å². The highest BCUT2D eigenvalue weighted by molar-refractivity contribution is 5.98. The van der Waals surface area contributed by atoms with E-state index in [9.17, 15) is 18.0 Å². The molecule has 0 fully saturated rings. The summed E-state index contributed by atoms with van der Waals surface area (Å²) in [4.78, 5) is 22.6. The van der Waals surface area contributed by atoms with Gasteiger partial charge < -0.3 is 14.4 Å². The summed E-state index contributed by atoms with van der Waals surface area (Å²) >= 11 is 0. The van der Waals surface area contributed by atoms with E-state index >= 15 is 0 Å². The van der Waals surface area contributed by atoms with E-state index in [0.717, 1.165) is 17.7 Å². The number of nitrogens with zero attached hydrogens (tertiary/aromatic N) is 1. The summed E-state index contributed by atoms with van der Waals surface area (Å²) in [6.45, 7) is 3.52. The zero-order valence-corrected chi connectivity index (χ0v) is 17.7. The van der Waals surface area contributed by atoms with Gasteiger partial charge in [0.2, 0.25) is 0 Å². The molecule has 1 atom stereocenters. The normalized spacial score (nSPS) is 13.1. The summed E-state index contributed by atoms with van der Waals surface area (Å²) in [6.07, 6.45) is -3.77. The summed E-state index contributed by atoms with van der Waals surface area (Å²) in [7, 11) is 2.66. The molecule has 0 amide bonds. The highest BCUT2D eigenvalue weighted by Crippen LogP contribution is 2.30. The maximum absolute atomic E-state index is 12.9. The highest BCUT2D eigenvalue weighted by atomic mass is 19.4. The molecule has 2 aromatic carbocycles. The van der Waals surface area contributed by atoms with Gasteiger partial charge in [-0.15, -0.1) is 0 Å². The molecule has 1 unspecified atom stereocenters. The van der Waals surface area contributed by atoms with Crippen LogP contribution in [0.5, 0.6) is 0 Å². The summed E-state index contributed by atoms with van der Waals surface area (Å²) in [6, 6.07) is 9.43. The van der Waals surface area contributed by atoms with Crippen LogP contribution in [0.15, 0.2) is 47.6 Å². The molecule has 0 saturated carbocycles. The second-order valence-corrected chi connectivity index (χ2v) is 6.65. The highest BCUT2D eigenvalue weighted by Gasteiger charge is 2.30. The monoisotopic (exact) mass is 438 g/mol. The van der Waals surface area contributed by atoms with E-state index in [4.69, 9.17) is 14.4 Å². The van der Waals surface area contributed by atoms with Crippen LogP contribution in [0.4, 0.5) is 13.2 Å². The molecule has 0 radical (unpaired) electrons. The number of esters is 1. The van der Waals surface area contributed by atoms with Crippen LogP contribution < -0.4 is 5.48 Å². The maximum Gasteiger partial charge on any atom is 0.416 e. The number of carbonyl (C=O) groups is 1. The van der Waals surface area contributed by atoms with Crippen molar-refractivity contribution in [3.8, 4) is 0 Å². The van der Waals surface area contributed by atoms with E-state index in [1.165, 1.54) is 26.4 Å². The Kier molecular flexibility index (Phi) is 8.58. The number of oxime groups is 1. The van der Waals surface area contributed by atoms with E-state index < -0.39 is 23.8 Å². The van der Waals surface area contributed by atoms with E-state index in [-0.39, 0.29) is 6.61 Å². The number of nitrogens with one attached hydrogen (secondary N) is 1. The SMILES string of the molecule is CCc1cccc(C(NOC)C(=O)OC)c1CO/N=C(\C)c1cccc(C(F)(F)F)c1. The third-order valence-electron chi connectivity index (χ3n) is 4.69. The zero-order valence-electron chi connectivity index (χ0n) is 17.7. The van der Waals surface area contributed by atoms with Crippen LogP contribution in [0.25, 0.3) is 0 Å². The average Bonchev–Trinajstić information content (AvgIpc) is 2.76. The third kappa shape index (κ3) is 6.28. The third-order valence-corrected chi connectivity index (χ3v) is 4.69. The molecule has 0 aromatic heterocycles. The van der Waals surface area contributed by atoms with Gasteiger partial charge in [-0.2, -0.15) is 18.7 Å². The quantitative estimate of drug-likeness (QED) is 0.353. The Labute approximate surface area is 178 Å². The molecule has 0 heterocycles. The Bertz CT molecular complexity index is 929. The average molecular weight is 438 g/mol. The minimum Gasteiger partial charge on any atom is -0.468 e. The summed E-state index contributed by atoms with van der Waals surface area (Å²) < 4.78 is 43.7. The lowest BCUT2D eigenvalue weighted by molar-refractivity contribution is -0.147. The number of rotatable bonds is 9. The van der Waals surface area contributed by atoms with Gasteiger partial charge in [-0.05, 0) is 42.2 Å². The molecule has 31 heavy (non-hydrogen) atoms. The van der Waals surface area contributed by atoms with Gasteiger partial charge in [0.15, 0.2) is 6.04 Å². The molecule has 0 aliphatic heterocycles. The number of hydrogen-bond donors (Lipinski definition) is 1. The lowest BCUT2D eigenvalue weighted by Crippen LogP contribution is -2.30. The Morgan fingerprint density at radius 3 is 2.48 bits per heavy atom. The van der Waals surface area contributed by atoms with Crippen molar-refractivity contribution in [3.05, 3.63) is 70.3 Å². The molecule has 168 valence electrons. The molecule has 0 saturated heterocycles. The van der Waals surface area contributed by atoms with Crippen molar-refractivity contribution in [2.75, 3.05) is 14.2 Å². The largest absolute Gasteiger partial charge is 0.468 e. The smallest absolute Gasteiger partial charge is 0.416 e. The van der Waals surface area contributed by atoms with Crippen molar-refractivity contribution in [1.82, 2.24) is 5.48 Å². The van der Waals surface area contributed by atoms with E-state index in [1.807, 2.05) is 19.1 Å². The van der Waals surface area contributed by atoms with Crippen LogP contribution in [0.3, 0.4) is 0 Å². The van der Waals surface area contributed by atoms with E-state index in [1.54, 1.807) is 13.0 Å². The van der Waals surface area contributed by atoms with E-state index in [2.05, 4.69) is 10.6 Å². The topological polar surface area (TPSA) is 69.2 Å². The molecular formula is C22H25F3N2O4. The van der Waals surface area contributed by atoms with Gasteiger partial charge in [0.05, 0.1) is 25.5 Å². The molecule has 2 aromatic rings. The molecule has 6 nitrogen and oxygen atoms in total. The first-order valence-electron chi connectivity index (χ1n) is 9.54. The fourth-order valence-electron chi connectivity index (χ4n) is 3.07. The molecule has 9 heteroatoms. The summed E-state index contributed by atoms with van der Waals surface area (Å²) in [5.41, 5.74) is 4.68. The Morgan fingerprint density at radius 1 is 1.16 bits per heavy atom. The van der Waals surface area contributed by atoms with Crippen LogP contribution in [0.2, 0.25) is 0 Å². The minimum absolute atomic E-state index is 0.00847. The second kappa shape index (κ2) is 10.9. The Hall–Kier alpha value is -2.91. The van der Waals surface area contributed by atoms with Crippen LogP contribution >= 0.6 is 0 Å². The molecule has 0 aliphatic carbocycles. The second-order valence-electron chi connectivity index (χ2n) is 6.65. The number of benzene rings is 2. The van der Waals surface area contributed by atoms with Crippen LogP contribution in [0, 0.1) is 0 Å². The molecule has 0 aliphatic rings. The predicted octanol–water partition coefficient (Wildman–Crippen LogP) is 4.57. The zero-order chi connectivity index (χ0) is 23.0. The lowest BCUT2D eigenvalue weighted by Gasteiger charge is -2.20. The number of carbonyl (C=O) groups excluding carboxylic acids is 1. The van der Waals surface area contributed by atoms with Crippen LogP contribution in [0.1, 0.15) is 47.7 Å². The maximum atomic E-state index is 12.9. The molecular weight excluding hydrogens is 413 g/mol.